The Morgan fingerprint density at radius 1 is 1.08 bits per heavy atom. The molecule has 0 aliphatic carbocycles. The zero-order valence-electron chi connectivity index (χ0n) is 14.3. The maximum Gasteiger partial charge on any atom is 0.229 e. The van der Waals surface area contributed by atoms with Gasteiger partial charge in [-0.15, -0.1) is 0 Å². The highest BCUT2D eigenvalue weighted by Crippen LogP contribution is 2.42. The maximum absolute atomic E-state index is 13.0. The van der Waals surface area contributed by atoms with Gasteiger partial charge in [0.15, 0.2) is 0 Å². The third-order valence-corrected chi connectivity index (χ3v) is 5.50. The van der Waals surface area contributed by atoms with Gasteiger partial charge in [0.1, 0.15) is 0 Å². The van der Waals surface area contributed by atoms with Crippen molar-refractivity contribution in [3.63, 3.8) is 0 Å². The summed E-state index contributed by atoms with van der Waals surface area (Å²) in [5.41, 5.74) is 1.30. The van der Waals surface area contributed by atoms with Crippen LogP contribution in [-0.2, 0) is 16.1 Å². The summed E-state index contributed by atoms with van der Waals surface area (Å²) in [4.78, 5) is 17.3. The normalized spacial score (nSPS) is 31.4. The number of carbonyl (C=O) groups excluding carboxylic acids is 1. The first-order chi connectivity index (χ1) is 12.1. The largest absolute Gasteiger partial charge is 0.513 e. The van der Waals surface area contributed by atoms with Crippen LogP contribution in [0, 0.1) is 11.8 Å². The van der Waals surface area contributed by atoms with Crippen LogP contribution in [0.4, 0.5) is 0 Å². The second-order valence-corrected chi connectivity index (χ2v) is 7.08. The lowest BCUT2D eigenvalue weighted by atomic mass is 9.81. The van der Waals surface area contributed by atoms with Gasteiger partial charge in [-0.25, -0.2) is 0 Å². The molecule has 132 valence electrons. The molecule has 0 spiro atoms. The van der Waals surface area contributed by atoms with Crippen LogP contribution in [0.3, 0.4) is 0 Å². The number of rotatable bonds is 4. The average molecular weight is 340 g/mol. The molecule has 0 saturated carbocycles. The van der Waals surface area contributed by atoms with Crippen molar-refractivity contribution in [1.82, 2.24) is 9.80 Å². The third-order valence-electron chi connectivity index (χ3n) is 5.50. The van der Waals surface area contributed by atoms with Gasteiger partial charge >= 0.3 is 0 Å². The third kappa shape index (κ3) is 3.10. The van der Waals surface area contributed by atoms with Crippen molar-refractivity contribution in [3.05, 3.63) is 60.4 Å². The van der Waals surface area contributed by atoms with E-state index in [-0.39, 0.29) is 35.7 Å². The van der Waals surface area contributed by atoms with Gasteiger partial charge in [-0.1, -0.05) is 49.1 Å². The lowest BCUT2D eigenvalue weighted by molar-refractivity contribution is -0.139. The molecule has 25 heavy (non-hydrogen) atoms. The Hall–Kier alpha value is -2.11. The Kier molecular flexibility index (Phi) is 4.36. The average Bonchev–Trinajstić information content (AvgIpc) is 3.24. The van der Waals surface area contributed by atoms with Crippen LogP contribution < -0.4 is 0 Å². The molecule has 1 amide bonds. The summed E-state index contributed by atoms with van der Waals surface area (Å²) in [6.45, 7) is 7.73. The maximum atomic E-state index is 13.0. The monoisotopic (exact) mass is 340 g/mol. The smallest absolute Gasteiger partial charge is 0.229 e. The molecule has 4 atom stereocenters. The second kappa shape index (κ2) is 6.65. The molecular formula is C20H24N2O3. The number of aliphatic hydroxyl groups is 1. The number of ether oxygens (including phenoxy) is 1. The molecular weight excluding hydrogens is 316 g/mol. The van der Waals surface area contributed by atoms with Crippen LogP contribution in [0.15, 0.2) is 54.8 Å². The van der Waals surface area contributed by atoms with Crippen molar-refractivity contribution in [1.29, 1.82) is 0 Å². The zero-order chi connectivity index (χ0) is 17.4. The van der Waals surface area contributed by atoms with Crippen LogP contribution in [0.1, 0.15) is 5.56 Å². The van der Waals surface area contributed by atoms with Gasteiger partial charge in [0.05, 0.1) is 29.8 Å². The summed E-state index contributed by atoms with van der Waals surface area (Å²) in [7, 11) is 0. The number of piperazine rings is 1. The van der Waals surface area contributed by atoms with Crippen LogP contribution in [0.25, 0.3) is 0 Å². The predicted molar refractivity (Wildman–Crippen MR) is 94.8 cm³/mol. The second-order valence-electron chi connectivity index (χ2n) is 7.08. The highest BCUT2D eigenvalue weighted by Gasteiger charge is 2.52. The van der Waals surface area contributed by atoms with E-state index in [4.69, 9.17) is 4.74 Å². The Balaban J connectivity index is 1.37. The first-order valence-corrected chi connectivity index (χ1v) is 8.90. The van der Waals surface area contributed by atoms with Gasteiger partial charge in [0, 0.05) is 32.7 Å². The highest BCUT2D eigenvalue weighted by molar-refractivity contribution is 5.81. The molecule has 5 heteroatoms. The van der Waals surface area contributed by atoms with E-state index in [9.17, 15) is 9.90 Å². The molecule has 2 unspecified atom stereocenters. The molecule has 1 aromatic rings. The van der Waals surface area contributed by atoms with Crippen molar-refractivity contribution in [2.45, 2.75) is 18.8 Å². The molecule has 2 fully saturated rings. The summed E-state index contributed by atoms with van der Waals surface area (Å²) in [5.74, 6) is -0.521. The SMILES string of the molecule is C=C(O)C1C(C(=O)N2CCN(Cc3ccccc3)CC2)[C@@H]2C=C[C@H]1O2. The minimum absolute atomic E-state index is 0.0536. The molecule has 0 radical (unpaired) electrons. The summed E-state index contributed by atoms with van der Waals surface area (Å²) in [6, 6.07) is 10.4. The Morgan fingerprint density at radius 3 is 2.36 bits per heavy atom. The van der Waals surface area contributed by atoms with Gasteiger partial charge in [-0.2, -0.15) is 0 Å². The van der Waals surface area contributed by atoms with Crippen LogP contribution in [-0.4, -0.2) is 59.2 Å². The van der Waals surface area contributed by atoms with E-state index in [1.807, 2.05) is 23.1 Å². The molecule has 4 rings (SSSR count). The van der Waals surface area contributed by atoms with Crippen molar-refractivity contribution >= 4 is 5.91 Å². The molecule has 2 saturated heterocycles. The van der Waals surface area contributed by atoms with E-state index in [0.717, 1.165) is 19.6 Å². The van der Waals surface area contributed by atoms with Crippen LogP contribution in [0.5, 0.6) is 0 Å². The number of hydrogen-bond acceptors (Lipinski definition) is 4. The fourth-order valence-electron chi connectivity index (χ4n) is 4.18. The van der Waals surface area contributed by atoms with E-state index in [1.54, 1.807) is 0 Å². The standard InChI is InChI=1S/C20H24N2O3/c1-14(23)18-16-7-8-17(25-16)19(18)20(24)22-11-9-21(10-12-22)13-15-5-3-2-4-6-15/h2-8,16-19,23H,1,9-13H2/t16-,17+,18?,19?/m1/s1. The Labute approximate surface area is 148 Å². The molecule has 3 aliphatic rings. The Morgan fingerprint density at radius 2 is 1.72 bits per heavy atom. The fourth-order valence-corrected chi connectivity index (χ4v) is 4.18. The molecule has 1 N–H and O–H groups in total. The van der Waals surface area contributed by atoms with Gasteiger partial charge in [0.2, 0.25) is 5.91 Å². The lowest BCUT2D eigenvalue weighted by Gasteiger charge is -2.37. The van der Waals surface area contributed by atoms with Gasteiger partial charge < -0.3 is 14.7 Å². The van der Waals surface area contributed by atoms with E-state index in [1.165, 1.54) is 5.56 Å². The summed E-state index contributed by atoms with van der Waals surface area (Å²) in [5, 5.41) is 9.91. The van der Waals surface area contributed by atoms with Crippen LogP contribution in [0.2, 0.25) is 0 Å². The first kappa shape index (κ1) is 16.4. The molecule has 5 nitrogen and oxygen atoms in total. The number of amides is 1. The fraction of sp³-hybridized carbons (Fsp3) is 0.450. The number of hydrogen-bond donors (Lipinski definition) is 1. The van der Waals surface area contributed by atoms with E-state index < -0.39 is 0 Å². The minimum atomic E-state index is -0.340. The molecule has 3 aliphatic heterocycles. The molecule has 3 heterocycles. The van der Waals surface area contributed by atoms with E-state index >= 15 is 0 Å². The summed E-state index contributed by atoms with van der Waals surface area (Å²) >= 11 is 0. The van der Waals surface area contributed by atoms with Crippen molar-refractivity contribution < 1.29 is 14.6 Å². The molecule has 0 aromatic heterocycles. The predicted octanol–water partition coefficient (Wildman–Crippen LogP) is 1.97. The zero-order valence-corrected chi connectivity index (χ0v) is 14.3. The molecule has 2 bridgehead atoms. The van der Waals surface area contributed by atoms with Crippen molar-refractivity contribution in [3.8, 4) is 0 Å². The quantitative estimate of drug-likeness (QED) is 0.673. The minimum Gasteiger partial charge on any atom is -0.513 e. The summed E-state index contributed by atoms with van der Waals surface area (Å²) in [6.07, 6.45) is 3.43. The highest BCUT2D eigenvalue weighted by atomic mass is 16.5. The number of fused-ring (bicyclic) bond motifs is 2. The van der Waals surface area contributed by atoms with Gasteiger partial charge in [-0.3, -0.25) is 9.69 Å². The summed E-state index contributed by atoms with van der Waals surface area (Å²) < 4.78 is 5.78. The van der Waals surface area contributed by atoms with E-state index in [0.29, 0.717) is 13.1 Å². The van der Waals surface area contributed by atoms with E-state index in [2.05, 4.69) is 35.7 Å². The lowest BCUT2D eigenvalue weighted by Crippen LogP contribution is -2.52. The van der Waals surface area contributed by atoms with Crippen LogP contribution >= 0.6 is 0 Å². The Bertz CT molecular complexity index is 679. The number of nitrogens with zero attached hydrogens (tertiary/aromatic N) is 2. The number of benzene rings is 1. The van der Waals surface area contributed by atoms with Crippen molar-refractivity contribution in [2.75, 3.05) is 26.2 Å². The topological polar surface area (TPSA) is 53.0 Å². The number of carbonyl (C=O) groups is 1. The van der Waals surface area contributed by atoms with Gasteiger partial charge in [0.25, 0.3) is 0 Å². The molecule has 1 aromatic carbocycles. The van der Waals surface area contributed by atoms with Crippen molar-refractivity contribution in [2.24, 2.45) is 11.8 Å². The van der Waals surface area contributed by atoms with Gasteiger partial charge in [-0.05, 0) is 5.56 Å². The first-order valence-electron chi connectivity index (χ1n) is 8.90. The number of aliphatic hydroxyl groups excluding tert-OH is 1.